The Morgan fingerprint density at radius 2 is 1.67 bits per heavy atom. The van der Waals surface area contributed by atoms with Crippen LogP contribution in [-0.4, -0.2) is 62.7 Å². The van der Waals surface area contributed by atoms with E-state index in [4.69, 9.17) is 19.3 Å². The summed E-state index contributed by atoms with van der Waals surface area (Å²) in [7, 11) is -2.39. The number of thiazole rings is 1. The first kappa shape index (κ1) is 36.0. The largest absolute Gasteiger partial charge is 0.493 e. The lowest BCUT2D eigenvalue weighted by Gasteiger charge is -2.43. The second kappa shape index (κ2) is 13.7. The van der Waals surface area contributed by atoms with Crippen molar-refractivity contribution < 1.29 is 41.8 Å². The Kier molecular flexibility index (Phi) is 9.15. The number of nitrogens with two attached hydrogens (primary N) is 1. The van der Waals surface area contributed by atoms with Gasteiger partial charge in [0.05, 0.1) is 46.7 Å². The molecule has 2 saturated carbocycles. The number of rotatable bonds is 10. The Hall–Kier alpha value is -4.97. The summed E-state index contributed by atoms with van der Waals surface area (Å²) in [5, 5.41) is 8.52. The van der Waals surface area contributed by atoms with Gasteiger partial charge in [-0.05, 0) is 97.3 Å². The molecule has 1 aromatic heterocycles. The van der Waals surface area contributed by atoms with Crippen molar-refractivity contribution in [3.05, 3.63) is 92.4 Å². The van der Waals surface area contributed by atoms with Gasteiger partial charge in [0, 0.05) is 21.7 Å². The van der Waals surface area contributed by atoms with E-state index in [0.29, 0.717) is 34.9 Å². The highest BCUT2D eigenvalue weighted by molar-refractivity contribution is 8.00. The van der Waals surface area contributed by atoms with Gasteiger partial charge in [-0.1, -0.05) is 17.4 Å². The Bertz CT molecular complexity index is 2360. The van der Waals surface area contributed by atoms with Crippen LogP contribution in [0.5, 0.6) is 11.5 Å². The average molecular weight is 791 g/mol. The molecule has 8 rings (SSSR count). The van der Waals surface area contributed by atoms with E-state index in [-0.39, 0.29) is 63.7 Å². The zero-order chi connectivity index (χ0) is 38.1. The number of hydrogen-bond donors (Lipinski definition) is 3. The molecule has 3 fully saturated rings. The number of aromatic amines is 1. The van der Waals surface area contributed by atoms with Crippen LogP contribution in [0.15, 0.2) is 81.4 Å². The molecule has 2 bridgehead atoms. The van der Waals surface area contributed by atoms with Gasteiger partial charge in [0.1, 0.15) is 0 Å². The number of aromatic nitrogens is 1. The highest BCUT2D eigenvalue weighted by atomic mass is 32.2. The molecule has 2 aliphatic carbocycles. The molecule has 4 aromatic rings. The number of esters is 1. The molecule has 3 heterocycles. The van der Waals surface area contributed by atoms with Crippen molar-refractivity contribution in [1.29, 1.82) is 0 Å². The van der Waals surface area contributed by atoms with Crippen LogP contribution in [0.25, 0.3) is 0 Å². The number of methoxy groups -OCH3 is 1. The fourth-order valence-electron chi connectivity index (χ4n) is 8.67. The van der Waals surface area contributed by atoms with E-state index in [9.17, 15) is 32.4 Å². The van der Waals surface area contributed by atoms with Crippen LogP contribution >= 0.6 is 23.1 Å². The number of anilines is 2. The number of hydrogen-bond acceptors (Lipinski definition) is 12. The van der Waals surface area contributed by atoms with Crippen LogP contribution in [0.1, 0.15) is 40.1 Å². The molecule has 1 saturated heterocycles. The van der Waals surface area contributed by atoms with E-state index >= 15 is 0 Å². The fourth-order valence-corrected chi connectivity index (χ4v) is 12.1. The zero-order valence-electron chi connectivity index (χ0n) is 28.8. The second-order valence-corrected chi connectivity index (χ2v) is 17.3. The van der Waals surface area contributed by atoms with Crippen LogP contribution in [0.3, 0.4) is 0 Å². The number of carbonyl (C=O) groups is 4. The normalized spacial score (nSPS) is 25.2. The molecule has 6 unspecified atom stereocenters. The van der Waals surface area contributed by atoms with E-state index in [0.717, 1.165) is 26.8 Å². The number of imide groups is 1. The van der Waals surface area contributed by atoms with Gasteiger partial charge in [-0.2, -0.15) is 0 Å². The number of sulfonamides is 1. The standard InChI is InChI=1S/C37H34N4O10S3/c1-3-50-36(45)17-4-9-20(10-5-17)41-34(43)29-22-15-23(30(29)35(41)44)31-28(22)27(32-33(52-31)40-37(46)53-32)18-6-13-24(25(14-18)49-2)51-16-26(42)39-19-7-11-21(12-8-19)54(38,47)48/h4-14,22-23,27-31H,3,15-16H2,1-2H3,(H,39,42)(H,40,46)(H2,38,47,48)/t22?,23?,27-,28?,29?,30?,31?/m1/s1. The van der Waals surface area contributed by atoms with Crippen LogP contribution in [0.4, 0.5) is 11.4 Å². The molecule has 4 aliphatic rings. The third-order valence-electron chi connectivity index (χ3n) is 10.7. The van der Waals surface area contributed by atoms with E-state index < -0.39 is 33.7 Å². The van der Waals surface area contributed by atoms with Gasteiger partial charge in [0.25, 0.3) is 5.91 Å². The Balaban J connectivity index is 1.04. The predicted octanol–water partition coefficient (Wildman–Crippen LogP) is 3.96. The number of H-pyrrole nitrogens is 1. The van der Waals surface area contributed by atoms with Gasteiger partial charge in [-0.3, -0.25) is 24.1 Å². The summed E-state index contributed by atoms with van der Waals surface area (Å²) >= 11 is 2.72. The number of primary sulfonamides is 1. The lowest BCUT2D eigenvalue weighted by Crippen LogP contribution is -2.42. The SMILES string of the molecule is CCOC(=O)c1ccc(N2C(=O)C3C4CC(C3C2=O)C2C4Sc3[nH]c(=O)sc3[C@@H]2c2ccc(OCC(=O)Nc3ccc(S(N)(=O)=O)cc3)c(OC)c2)cc1. The number of thioether (sulfide) groups is 1. The van der Waals surface area contributed by atoms with Crippen molar-refractivity contribution in [2.24, 2.45) is 34.7 Å². The molecule has 3 amide bonds. The summed E-state index contributed by atoms with van der Waals surface area (Å²) in [6.45, 7) is 1.58. The molecular weight excluding hydrogens is 757 g/mol. The van der Waals surface area contributed by atoms with Crippen LogP contribution in [-0.2, 0) is 29.1 Å². The Morgan fingerprint density at radius 1 is 0.963 bits per heavy atom. The number of amides is 3. The van der Waals surface area contributed by atoms with Gasteiger partial charge in [0.2, 0.25) is 21.8 Å². The maximum absolute atomic E-state index is 14.2. The van der Waals surface area contributed by atoms with Crippen LogP contribution in [0.2, 0.25) is 0 Å². The zero-order valence-corrected chi connectivity index (χ0v) is 31.3. The third kappa shape index (κ3) is 6.08. The summed E-state index contributed by atoms with van der Waals surface area (Å²) in [5.74, 6) is -2.37. The number of fused-ring (bicyclic) bond motifs is 9. The fraction of sp³-hybridized carbons (Fsp3) is 0.324. The monoisotopic (exact) mass is 790 g/mol. The number of nitrogens with zero attached hydrogens (tertiary/aromatic N) is 1. The van der Waals surface area contributed by atoms with Crippen molar-refractivity contribution in [2.45, 2.75) is 34.4 Å². The third-order valence-corrected chi connectivity index (χ3v) is 14.3. The van der Waals surface area contributed by atoms with Crippen LogP contribution < -0.4 is 29.7 Å². The molecule has 54 heavy (non-hydrogen) atoms. The quantitative estimate of drug-likeness (QED) is 0.155. The first-order valence-electron chi connectivity index (χ1n) is 17.2. The van der Waals surface area contributed by atoms with Gasteiger partial charge >= 0.3 is 10.8 Å². The predicted molar refractivity (Wildman–Crippen MR) is 198 cm³/mol. The molecular formula is C37H34N4O10S3. The van der Waals surface area contributed by atoms with Gasteiger partial charge in [-0.25, -0.2) is 18.4 Å². The molecule has 14 nitrogen and oxygen atoms in total. The number of ether oxygens (including phenoxy) is 3. The van der Waals surface area contributed by atoms with E-state index in [1.165, 1.54) is 36.3 Å². The van der Waals surface area contributed by atoms with Crippen molar-refractivity contribution in [3.8, 4) is 11.5 Å². The number of carbonyl (C=O) groups excluding carboxylic acids is 4. The minimum absolute atomic E-state index is 0.0356. The minimum atomic E-state index is -3.87. The number of nitrogens with one attached hydrogen (secondary N) is 2. The smallest absolute Gasteiger partial charge is 0.338 e. The molecule has 4 N–H and O–H groups in total. The van der Waals surface area contributed by atoms with Crippen molar-refractivity contribution in [2.75, 3.05) is 30.5 Å². The molecule has 0 spiro atoms. The van der Waals surface area contributed by atoms with Gasteiger partial charge in [0.15, 0.2) is 18.1 Å². The molecule has 0 radical (unpaired) electrons. The molecule has 280 valence electrons. The topological polar surface area (TPSA) is 204 Å². The summed E-state index contributed by atoms with van der Waals surface area (Å²) in [6.07, 6.45) is 0.707. The number of benzene rings is 3. The maximum atomic E-state index is 14.2. The van der Waals surface area contributed by atoms with Crippen LogP contribution in [0, 0.1) is 29.6 Å². The molecule has 3 aromatic carbocycles. The first-order valence-corrected chi connectivity index (χ1v) is 20.4. The Morgan fingerprint density at radius 3 is 2.33 bits per heavy atom. The second-order valence-electron chi connectivity index (χ2n) is 13.6. The van der Waals surface area contributed by atoms with Gasteiger partial charge < -0.3 is 24.5 Å². The van der Waals surface area contributed by atoms with E-state index in [1.807, 2.05) is 12.1 Å². The van der Waals surface area contributed by atoms with E-state index in [2.05, 4.69) is 10.3 Å². The van der Waals surface area contributed by atoms with Crippen molar-refractivity contribution in [3.63, 3.8) is 0 Å². The average Bonchev–Trinajstić information content (AvgIpc) is 3.89. The summed E-state index contributed by atoms with van der Waals surface area (Å²) in [6, 6.07) is 17.1. The minimum Gasteiger partial charge on any atom is -0.493 e. The highest BCUT2D eigenvalue weighted by Crippen LogP contribution is 2.68. The molecule has 7 atom stereocenters. The Labute approximate surface area is 317 Å². The lowest BCUT2D eigenvalue weighted by atomic mass is 9.68. The maximum Gasteiger partial charge on any atom is 0.338 e. The summed E-state index contributed by atoms with van der Waals surface area (Å²) in [4.78, 5) is 70.7. The summed E-state index contributed by atoms with van der Waals surface area (Å²) < 4.78 is 39.7. The first-order chi connectivity index (χ1) is 25.9. The van der Waals surface area contributed by atoms with E-state index in [1.54, 1.807) is 49.0 Å². The molecule has 2 aliphatic heterocycles. The summed E-state index contributed by atoms with van der Waals surface area (Å²) in [5.41, 5.74) is 1.94. The highest BCUT2D eigenvalue weighted by Gasteiger charge is 2.69. The van der Waals surface area contributed by atoms with Gasteiger partial charge in [-0.15, -0.1) is 11.8 Å². The lowest BCUT2D eigenvalue weighted by molar-refractivity contribution is -0.123. The van der Waals surface area contributed by atoms with Crippen molar-refractivity contribution in [1.82, 2.24) is 4.98 Å². The van der Waals surface area contributed by atoms with Crippen molar-refractivity contribution >= 4 is 68.2 Å². The molecule has 17 heteroatoms.